The third-order valence-electron chi connectivity index (χ3n) is 14.1. The van der Waals surface area contributed by atoms with Gasteiger partial charge in [0.15, 0.2) is 12.6 Å². The second kappa shape index (κ2) is 34.1. The van der Waals surface area contributed by atoms with E-state index in [2.05, 4.69) is 27.7 Å². The molecular formula is C49H95O14P. The molecule has 2 aliphatic heterocycles. The maximum atomic E-state index is 11.6. The number of phosphoric ester groups is 1. The lowest BCUT2D eigenvalue weighted by Gasteiger charge is -2.23. The summed E-state index contributed by atoms with van der Waals surface area (Å²) in [7, 11) is -4.69. The summed E-state index contributed by atoms with van der Waals surface area (Å²) in [6, 6.07) is 0. The van der Waals surface area contributed by atoms with Gasteiger partial charge in [0.25, 0.3) is 0 Å². The third-order valence-corrected chi connectivity index (χ3v) is 14.6. The van der Waals surface area contributed by atoms with Crippen LogP contribution in [0.1, 0.15) is 182 Å². The number of hydrogen-bond donors (Lipinski definition) is 6. The van der Waals surface area contributed by atoms with Crippen LogP contribution in [0, 0.1) is 35.5 Å². The lowest BCUT2D eigenvalue weighted by Crippen LogP contribution is -2.40. The van der Waals surface area contributed by atoms with E-state index in [1.54, 1.807) is 0 Å². The number of hydrogen-bond acceptors (Lipinski definition) is 12. The third kappa shape index (κ3) is 26.5. The van der Waals surface area contributed by atoms with Crippen molar-refractivity contribution in [2.75, 3.05) is 52.9 Å². The van der Waals surface area contributed by atoms with Crippen molar-refractivity contribution >= 4 is 7.82 Å². The maximum Gasteiger partial charge on any atom is 0.472 e. The van der Waals surface area contributed by atoms with Crippen LogP contribution in [-0.2, 0) is 37.5 Å². The Labute approximate surface area is 387 Å². The van der Waals surface area contributed by atoms with Crippen LogP contribution in [-0.4, -0.2) is 126 Å². The maximum absolute atomic E-state index is 11.6. The zero-order chi connectivity index (χ0) is 46.6. The van der Waals surface area contributed by atoms with Gasteiger partial charge < -0.3 is 58.6 Å². The molecule has 1 aliphatic carbocycles. The fraction of sp³-hybridized carbons (Fsp3) is 1.00. The molecule has 15 heteroatoms. The Hall–Kier alpha value is -0.290. The molecule has 1 saturated carbocycles. The van der Waals surface area contributed by atoms with E-state index in [0.29, 0.717) is 56.7 Å². The van der Waals surface area contributed by atoms with Crippen molar-refractivity contribution in [2.24, 2.45) is 35.5 Å². The van der Waals surface area contributed by atoms with Gasteiger partial charge in [0.05, 0.1) is 33.0 Å². The van der Waals surface area contributed by atoms with E-state index in [0.717, 1.165) is 69.6 Å². The van der Waals surface area contributed by atoms with E-state index in [-0.39, 0.29) is 19.3 Å². The molecule has 0 radical (unpaired) electrons. The number of fused-ring (bicyclic) bond motifs is 2. The molecule has 2 bridgehead atoms. The molecule has 64 heavy (non-hydrogen) atoms. The molecule has 14 nitrogen and oxygen atoms in total. The second-order valence-electron chi connectivity index (χ2n) is 20.3. The highest BCUT2D eigenvalue weighted by Crippen LogP contribution is 2.39. The van der Waals surface area contributed by atoms with Gasteiger partial charge >= 0.3 is 7.82 Å². The van der Waals surface area contributed by atoms with Gasteiger partial charge in [-0.2, -0.15) is 0 Å². The number of rotatable bonds is 7. The summed E-state index contributed by atoms with van der Waals surface area (Å²) in [6.45, 7) is 11.2. The first-order valence-electron chi connectivity index (χ1n) is 25.8. The Balaban J connectivity index is 1.45. The molecule has 2 unspecified atom stereocenters. The van der Waals surface area contributed by atoms with Gasteiger partial charge in [-0.05, 0) is 67.6 Å². The molecule has 3 aliphatic rings. The summed E-state index contributed by atoms with van der Waals surface area (Å²) < 4.78 is 51.9. The molecule has 0 aromatic rings. The second-order valence-corrected chi connectivity index (χ2v) is 21.5. The average Bonchev–Trinajstić information content (AvgIpc) is 3.82. The van der Waals surface area contributed by atoms with E-state index < -0.39 is 51.4 Å². The van der Waals surface area contributed by atoms with Crippen molar-refractivity contribution in [2.45, 2.75) is 225 Å². The minimum atomic E-state index is -4.69. The molecule has 0 aromatic carbocycles. The van der Waals surface area contributed by atoms with Gasteiger partial charge in [0.1, 0.15) is 30.5 Å². The highest BCUT2D eigenvalue weighted by Gasteiger charge is 2.46. The molecule has 0 amide bonds. The van der Waals surface area contributed by atoms with Crippen LogP contribution in [0.15, 0.2) is 0 Å². The summed E-state index contributed by atoms with van der Waals surface area (Å²) in [4.78, 5) is 18.8. The Morgan fingerprint density at radius 1 is 0.578 bits per heavy atom. The van der Waals surface area contributed by atoms with E-state index in [1.165, 1.54) is 96.3 Å². The summed E-state index contributed by atoms with van der Waals surface area (Å²) in [5, 5.41) is 40.2. The Morgan fingerprint density at radius 3 is 1.62 bits per heavy atom. The van der Waals surface area contributed by atoms with Crippen LogP contribution in [0.5, 0.6) is 0 Å². The highest BCUT2D eigenvalue weighted by molar-refractivity contribution is 7.46. The van der Waals surface area contributed by atoms with Crippen LogP contribution in [0.4, 0.5) is 0 Å². The molecule has 6 N–H and O–H groups in total. The van der Waals surface area contributed by atoms with Crippen LogP contribution < -0.4 is 0 Å². The van der Waals surface area contributed by atoms with Crippen LogP contribution in [0.2, 0.25) is 0 Å². The zero-order valence-electron chi connectivity index (χ0n) is 40.5. The largest absolute Gasteiger partial charge is 0.472 e. The van der Waals surface area contributed by atoms with Gasteiger partial charge in [-0.15, -0.1) is 0 Å². The first-order chi connectivity index (χ1) is 30.7. The van der Waals surface area contributed by atoms with Crippen LogP contribution in [0.3, 0.4) is 0 Å². The van der Waals surface area contributed by atoms with Crippen LogP contribution >= 0.6 is 7.82 Å². The predicted molar refractivity (Wildman–Crippen MR) is 248 cm³/mol. The summed E-state index contributed by atoms with van der Waals surface area (Å²) in [6.07, 6.45) is 20.3. The van der Waals surface area contributed by atoms with Gasteiger partial charge in [-0.3, -0.25) is 4.52 Å². The number of ether oxygens (including phenoxy) is 6. The fourth-order valence-electron chi connectivity index (χ4n) is 9.71. The van der Waals surface area contributed by atoms with Crippen molar-refractivity contribution < 1.29 is 67.7 Å². The fourth-order valence-corrected chi connectivity index (χ4v) is 10.1. The number of aliphatic hydroxyl groups excluding tert-OH is 4. The molecule has 3 rings (SSSR count). The molecule has 3 fully saturated rings. The summed E-state index contributed by atoms with van der Waals surface area (Å²) >= 11 is 0. The standard InChI is InChI=1S/C49H95O14P/c1-37-16-14-18-39(3)26-30-59-43(35-61-49-47(53)46(52)48(62-49)44(51)33-50)34-57-28-13-9-7-11-21-42-25-24-41(32-42)20-10-6-5-8-12-29-58-36-45(63-64(54,55)56)60-31-27-40(4)19-15-17-38(2)23-22-37/h37-53H,5-36H2,1-4H3,(H2,54,55,56)/t37?,38?,39-,40-,41+,42+,43+,44-,45+,46-,47-,48+,49-/m1/s1. The summed E-state index contributed by atoms with van der Waals surface area (Å²) in [5.74, 6) is 3.99. The Morgan fingerprint density at radius 2 is 1.08 bits per heavy atom. The van der Waals surface area contributed by atoms with Gasteiger partial charge in [0, 0.05) is 19.8 Å². The molecule has 0 aromatic heterocycles. The number of aliphatic hydroxyl groups is 4. The monoisotopic (exact) mass is 939 g/mol. The van der Waals surface area contributed by atoms with Crippen molar-refractivity contribution in [3.8, 4) is 0 Å². The first kappa shape index (κ1) is 58.0. The molecule has 0 spiro atoms. The van der Waals surface area contributed by atoms with E-state index in [4.69, 9.17) is 32.9 Å². The lowest BCUT2D eigenvalue weighted by atomic mass is 9.89. The van der Waals surface area contributed by atoms with Gasteiger partial charge in [-0.25, -0.2) is 4.57 Å². The molecule has 13 atom stereocenters. The lowest BCUT2D eigenvalue weighted by molar-refractivity contribution is -0.198. The smallest absolute Gasteiger partial charge is 0.394 e. The van der Waals surface area contributed by atoms with Gasteiger partial charge in [-0.1, -0.05) is 150 Å². The quantitative estimate of drug-likeness (QED) is 0.132. The summed E-state index contributed by atoms with van der Waals surface area (Å²) in [5.41, 5.74) is 0. The van der Waals surface area contributed by atoms with Crippen molar-refractivity contribution in [3.63, 3.8) is 0 Å². The number of phosphoric acid groups is 1. The predicted octanol–water partition coefficient (Wildman–Crippen LogP) is 8.84. The Kier molecular flexibility index (Phi) is 30.9. The topological polar surface area (TPSA) is 203 Å². The zero-order valence-corrected chi connectivity index (χ0v) is 41.4. The SMILES string of the molecule is CC1CCC[C@@H](C)CCO[C@H](CO[C@@H]2O[C@@H]([C@H](O)CO)[C@H](O)[C@H]2O)COCCCCCC[C@H]2CC[C@H](CCCCCCCOC[C@H](OP(=O)(O)O)OCC[C@H](C)CCCC(C)CC1)C2. The van der Waals surface area contributed by atoms with E-state index in [9.17, 15) is 34.8 Å². The van der Waals surface area contributed by atoms with Crippen molar-refractivity contribution in [3.05, 3.63) is 0 Å². The molecule has 380 valence electrons. The average molecular weight is 939 g/mol. The molecule has 2 heterocycles. The molecule has 2 saturated heterocycles. The minimum absolute atomic E-state index is 0.0131. The minimum Gasteiger partial charge on any atom is -0.394 e. The van der Waals surface area contributed by atoms with Crippen molar-refractivity contribution in [1.29, 1.82) is 0 Å². The first-order valence-corrected chi connectivity index (χ1v) is 27.3. The van der Waals surface area contributed by atoms with E-state index in [1.807, 2.05) is 0 Å². The van der Waals surface area contributed by atoms with Gasteiger partial charge in [0.2, 0.25) is 0 Å². The highest BCUT2D eigenvalue weighted by atomic mass is 31.2. The van der Waals surface area contributed by atoms with Crippen LogP contribution in [0.25, 0.3) is 0 Å². The Bertz CT molecular complexity index is 1180. The molecular weight excluding hydrogens is 843 g/mol. The normalized spacial score (nSPS) is 36.2. The van der Waals surface area contributed by atoms with E-state index >= 15 is 0 Å². The van der Waals surface area contributed by atoms with Crippen molar-refractivity contribution in [1.82, 2.24) is 0 Å².